The van der Waals surface area contributed by atoms with Crippen molar-refractivity contribution in [3.05, 3.63) is 96.6 Å². The third-order valence-corrected chi connectivity index (χ3v) is 5.65. The van der Waals surface area contributed by atoms with Crippen molar-refractivity contribution in [2.75, 3.05) is 6.16 Å². The zero-order valence-electron chi connectivity index (χ0n) is 15.1. The summed E-state index contributed by atoms with van der Waals surface area (Å²) < 4.78 is 12.2. The van der Waals surface area contributed by atoms with E-state index in [1.54, 1.807) is 0 Å². The van der Waals surface area contributed by atoms with Crippen molar-refractivity contribution in [1.29, 1.82) is 5.26 Å². The maximum atomic E-state index is 9.63. The van der Waals surface area contributed by atoms with Crippen LogP contribution in [-0.4, -0.2) is 6.16 Å². The molecule has 0 aromatic heterocycles. The molecule has 3 rings (SSSR count). The Kier molecular flexibility index (Phi) is 7.27. The van der Waals surface area contributed by atoms with Crippen molar-refractivity contribution < 1.29 is 9.05 Å². The van der Waals surface area contributed by atoms with Crippen molar-refractivity contribution in [1.82, 2.24) is 0 Å². The van der Waals surface area contributed by atoms with E-state index in [1.165, 1.54) is 5.56 Å². The lowest BCUT2D eigenvalue weighted by Crippen LogP contribution is -2.10. The Hall–Kier alpha value is -2.82. The van der Waals surface area contributed by atoms with Crippen LogP contribution < -0.4 is 9.05 Å². The molecule has 0 fully saturated rings. The average Bonchev–Trinajstić information content (AvgIpc) is 2.73. The Bertz CT molecular complexity index is 793. The molecule has 4 heteroatoms. The highest BCUT2D eigenvalue weighted by Gasteiger charge is 2.21. The fraction of sp³-hybridized carbons (Fsp3) is 0.174. The summed E-state index contributed by atoms with van der Waals surface area (Å²) in [6.07, 6.45) is 2.23. The third-order valence-electron chi connectivity index (χ3n) is 4.08. The lowest BCUT2D eigenvalue weighted by atomic mass is 10.0. The van der Waals surface area contributed by atoms with E-state index in [0.717, 1.165) is 24.3 Å². The smallest absolute Gasteiger partial charge is 0.291 e. The average molecular weight is 375 g/mol. The van der Waals surface area contributed by atoms with Crippen molar-refractivity contribution in [3.8, 4) is 17.6 Å². The van der Waals surface area contributed by atoms with E-state index in [2.05, 4.69) is 18.2 Å². The minimum absolute atomic E-state index is 0.122. The quantitative estimate of drug-likeness (QED) is 0.416. The first-order valence-corrected chi connectivity index (χ1v) is 10.4. The molecule has 136 valence electrons. The Morgan fingerprint density at radius 2 is 1.22 bits per heavy atom. The Labute approximate surface area is 162 Å². The SMILES string of the molecule is N#CC(CCc1ccccc1)CP(Oc1ccccc1)Oc1ccccc1. The normalized spacial score (nSPS) is 11.6. The molecule has 0 spiro atoms. The van der Waals surface area contributed by atoms with Gasteiger partial charge in [0.1, 0.15) is 11.5 Å². The zero-order valence-corrected chi connectivity index (χ0v) is 16.0. The van der Waals surface area contributed by atoms with Gasteiger partial charge in [0.2, 0.25) is 0 Å². The molecule has 0 bridgehead atoms. The molecule has 0 aliphatic carbocycles. The van der Waals surface area contributed by atoms with Gasteiger partial charge in [0.05, 0.1) is 18.1 Å². The standard InChI is InChI=1S/C23H22NO2P/c24-18-21(17-16-20-10-4-1-5-11-20)19-27(25-22-12-6-2-7-13-22)26-23-14-8-3-9-15-23/h1-15,21H,16-17,19H2. The molecule has 0 saturated carbocycles. The van der Waals surface area contributed by atoms with Gasteiger partial charge in [-0.2, -0.15) is 5.26 Å². The summed E-state index contributed by atoms with van der Waals surface area (Å²) in [5, 5.41) is 9.63. The minimum atomic E-state index is -1.26. The lowest BCUT2D eigenvalue weighted by Gasteiger charge is -2.21. The molecule has 0 N–H and O–H groups in total. The second-order valence-electron chi connectivity index (χ2n) is 6.17. The summed E-state index contributed by atoms with van der Waals surface area (Å²) in [5.41, 5.74) is 1.25. The van der Waals surface area contributed by atoms with E-state index in [4.69, 9.17) is 9.05 Å². The second kappa shape index (κ2) is 10.4. The first-order valence-electron chi connectivity index (χ1n) is 9.00. The summed E-state index contributed by atoms with van der Waals surface area (Å²) in [4.78, 5) is 0. The van der Waals surface area contributed by atoms with Crippen molar-refractivity contribution in [2.24, 2.45) is 5.92 Å². The van der Waals surface area contributed by atoms with Gasteiger partial charge in [-0.1, -0.05) is 66.7 Å². The summed E-state index contributed by atoms with van der Waals surface area (Å²) in [5.74, 6) is 1.40. The van der Waals surface area contributed by atoms with Gasteiger partial charge in [-0.25, -0.2) is 0 Å². The predicted octanol–water partition coefficient (Wildman–Crippen LogP) is 6.23. The molecule has 27 heavy (non-hydrogen) atoms. The molecule has 1 unspecified atom stereocenters. The molecule has 0 aliphatic heterocycles. The summed E-state index contributed by atoms with van der Waals surface area (Å²) in [6.45, 7) is 0. The van der Waals surface area contributed by atoms with Gasteiger partial charge >= 0.3 is 0 Å². The van der Waals surface area contributed by atoms with Gasteiger partial charge in [0, 0.05) is 0 Å². The first-order chi connectivity index (χ1) is 13.3. The van der Waals surface area contributed by atoms with Crippen LogP contribution in [0.5, 0.6) is 11.5 Å². The van der Waals surface area contributed by atoms with E-state index < -0.39 is 8.38 Å². The van der Waals surface area contributed by atoms with Crippen molar-refractivity contribution >= 4 is 8.38 Å². The first kappa shape index (κ1) is 19.0. The molecule has 0 saturated heterocycles. The van der Waals surface area contributed by atoms with Gasteiger partial charge in [-0.3, -0.25) is 0 Å². The van der Waals surface area contributed by atoms with Crippen LogP contribution in [0.4, 0.5) is 0 Å². The summed E-state index contributed by atoms with van der Waals surface area (Å²) in [7, 11) is -1.26. The maximum Gasteiger partial charge on any atom is 0.291 e. The van der Waals surface area contributed by atoms with E-state index in [0.29, 0.717) is 6.16 Å². The number of nitrogens with zero attached hydrogens (tertiary/aromatic N) is 1. The van der Waals surface area contributed by atoms with E-state index >= 15 is 0 Å². The largest absolute Gasteiger partial charge is 0.439 e. The lowest BCUT2D eigenvalue weighted by molar-refractivity contribution is 0.477. The predicted molar refractivity (Wildman–Crippen MR) is 110 cm³/mol. The number of aryl methyl sites for hydroxylation is 1. The number of nitriles is 1. The molecular formula is C23H22NO2P. The van der Waals surface area contributed by atoms with Crippen LogP contribution in [0.3, 0.4) is 0 Å². The van der Waals surface area contributed by atoms with Gasteiger partial charge < -0.3 is 9.05 Å². The third kappa shape index (κ3) is 6.44. The van der Waals surface area contributed by atoms with Crippen LogP contribution in [-0.2, 0) is 6.42 Å². The maximum absolute atomic E-state index is 9.63. The van der Waals surface area contributed by atoms with E-state index in [-0.39, 0.29) is 5.92 Å². The fourth-order valence-electron chi connectivity index (χ4n) is 2.65. The Morgan fingerprint density at radius 3 is 1.70 bits per heavy atom. The van der Waals surface area contributed by atoms with E-state index in [1.807, 2.05) is 78.9 Å². The number of hydrogen-bond donors (Lipinski definition) is 0. The van der Waals surface area contributed by atoms with Gasteiger partial charge in [-0.15, -0.1) is 0 Å². The molecule has 3 aromatic rings. The zero-order chi connectivity index (χ0) is 18.7. The van der Waals surface area contributed by atoms with Crippen molar-refractivity contribution in [3.63, 3.8) is 0 Å². The van der Waals surface area contributed by atoms with Crippen LogP contribution in [0.1, 0.15) is 12.0 Å². The number of rotatable bonds is 9. The molecular weight excluding hydrogens is 353 g/mol. The van der Waals surface area contributed by atoms with Crippen LogP contribution in [0.25, 0.3) is 0 Å². The van der Waals surface area contributed by atoms with Crippen LogP contribution in [0, 0.1) is 17.2 Å². The molecule has 0 aliphatic rings. The number of hydrogen-bond acceptors (Lipinski definition) is 3. The molecule has 0 amide bonds. The highest BCUT2D eigenvalue weighted by Crippen LogP contribution is 2.42. The molecule has 1 atom stereocenters. The van der Waals surface area contributed by atoms with Gasteiger partial charge in [0.15, 0.2) is 0 Å². The number of benzene rings is 3. The van der Waals surface area contributed by atoms with Crippen molar-refractivity contribution in [2.45, 2.75) is 12.8 Å². The van der Waals surface area contributed by atoms with Gasteiger partial charge in [0.25, 0.3) is 8.38 Å². The Morgan fingerprint density at radius 1 is 0.741 bits per heavy atom. The fourth-order valence-corrected chi connectivity index (χ4v) is 4.18. The highest BCUT2D eigenvalue weighted by atomic mass is 31.2. The van der Waals surface area contributed by atoms with Crippen LogP contribution in [0.15, 0.2) is 91.0 Å². The van der Waals surface area contributed by atoms with Gasteiger partial charge in [-0.05, 0) is 42.7 Å². The molecule has 3 nitrogen and oxygen atoms in total. The number of para-hydroxylation sites is 2. The summed E-state index contributed by atoms with van der Waals surface area (Å²) in [6, 6.07) is 32.0. The topological polar surface area (TPSA) is 42.2 Å². The van der Waals surface area contributed by atoms with Crippen LogP contribution in [0.2, 0.25) is 0 Å². The molecule has 0 heterocycles. The second-order valence-corrected chi connectivity index (χ2v) is 7.57. The van der Waals surface area contributed by atoms with Crippen LogP contribution >= 0.6 is 8.38 Å². The monoisotopic (exact) mass is 375 g/mol. The molecule has 0 radical (unpaired) electrons. The molecule has 3 aromatic carbocycles. The summed E-state index contributed by atoms with van der Waals surface area (Å²) >= 11 is 0. The Balaban J connectivity index is 1.65. The minimum Gasteiger partial charge on any atom is -0.439 e. The highest BCUT2D eigenvalue weighted by molar-refractivity contribution is 7.48. The van der Waals surface area contributed by atoms with E-state index in [9.17, 15) is 5.26 Å².